The van der Waals surface area contributed by atoms with E-state index in [0.717, 1.165) is 6.42 Å². The largest absolute Gasteiger partial charge is 0.321 e. The molecule has 1 amide bonds. The molecular weight excluding hydrogens is 216 g/mol. The van der Waals surface area contributed by atoms with E-state index in [1.807, 2.05) is 44.9 Å². The summed E-state index contributed by atoms with van der Waals surface area (Å²) in [6, 6.07) is 2.04. The van der Waals surface area contributed by atoms with E-state index in [1.54, 1.807) is 4.90 Å². The molecule has 0 spiro atoms. The molecule has 0 aromatic carbocycles. The van der Waals surface area contributed by atoms with Crippen molar-refractivity contribution in [2.45, 2.75) is 38.0 Å². The van der Waals surface area contributed by atoms with Gasteiger partial charge in [0.1, 0.15) is 6.04 Å². The fraction of sp³-hybridized carbons (Fsp3) is 0.833. The maximum Gasteiger partial charge on any atom is 0.224 e. The summed E-state index contributed by atoms with van der Waals surface area (Å²) in [6.07, 6.45) is 1.34. The van der Waals surface area contributed by atoms with Crippen LogP contribution in [0.1, 0.15) is 19.8 Å². The second-order valence-corrected chi connectivity index (χ2v) is 5.10. The first-order valence-electron chi connectivity index (χ1n) is 5.93. The van der Waals surface area contributed by atoms with E-state index >= 15 is 0 Å². The van der Waals surface area contributed by atoms with Gasteiger partial charge >= 0.3 is 0 Å². The molecule has 0 saturated carbocycles. The average Bonchev–Trinajstić information content (AvgIpc) is 2.54. The Hall–Kier alpha value is -1.12. The van der Waals surface area contributed by atoms with E-state index in [-0.39, 0.29) is 18.1 Å². The number of hydrogen-bond acceptors (Lipinski definition) is 4. The SMILES string of the molecule is CC1CCC(=O)N1C(C#N)C(N(C)C)N(C)C. The number of nitriles is 1. The Morgan fingerprint density at radius 1 is 1.35 bits per heavy atom. The molecule has 0 aromatic heterocycles. The Bertz CT molecular complexity index is 313. The van der Waals surface area contributed by atoms with Crippen LogP contribution in [0.3, 0.4) is 0 Å². The molecule has 1 fully saturated rings. The van der Waals surface area contributed by atoms with Gasteiger partial charge in [-0.05, 0) is 41.5 Å². The first-order valence-corrected chi connectivity index (χ1v) is 5.93. The quantitative estimate of drug-likeness (QED) is 0.663. The molecule has 5 heteroatoms. The van der Waals surface area contributed by atoms with E-state index in [2.05, 4.69) is 6.07 Å². The molecule has 2 unspecified atom stereocenters. The zero-order chi connectivity index (χ0) is 13.2. The minimum atomic E-state index is -0.412. The fourth-order valence-electron chi connectivity index (χ4n) is 2.57. The molecule has 0 bridgehead atoms. The molecule has 1 saturated heterocycles. The smallest absolute Gasteiger partial charge is 0.224 e. The summed E-state index contributed by atoms with van der Waals surface area (Å²) in [5.41, 5.74) is 0. The number of likely N-dealkylation sites (N-methyl/N-ethyl adjacent to an activating group) is 2. The van der Waals surface area contributed by atoms with Gasteiger partial charge in [0.15, 0.2) is 0 Å². The van der Waals surface area contributed by atoms with Crippen molar-refractivity contribution in [3.63, 3.8) is 0 Å². The van der Waals surface area contributed by atoms with Gasteiger partial charge < -0.3 is 4.90 Å². The molecule has 0 aliphatic carbocycles. The Morgan fingerprint density at radius 2 is 1.88 bits per heavy atom. The van der Waals surface area contributed by atoms with Crippen LogP contribution in [0, 0.1) is 11.3 Å². The van der Waals surface area contributed by atoms with Gasteiger partial charge in [-0.1, -0.05) is 0 Å². The molecule has 0 radical (unpaired) electrons. The second-order valence-electron chi connectivity index (χ2n) is 5.10. The highest BCUT2D eigenvalue weighted by Crippen LogP contribution is 2.24. The highest BCUT2D eigenvalue weighted by atomic mass is 16.2. The average molecular weight is 238 g/mol. The highest BCUT2D eigenvalue weighted by molar-refractivity contribution is 5.79. The van der Waals surface area contributed by atoms with Crippen LogP contribution < -0.4 is 0 Å². The van der Waals surface area contributed by atoms with Crippen molar-refractivity contribution in [1.82, 2.24) is 14.7 Å². The van der Waals surface area contributed by atoms with Crippen molar-refractivity contribution in [3.05, 3.63) is 0 Å². The van der Waals surface area contributed by atoms with Crippen molar-refractivity contribution >= 4 is 5.91 Å². The molecule has 1 heterocycles. The van der Waals surface area contributed by atoms with Gasteiger partial charge in [0.25, 0.3) is 0 Å². The van der Waals surface area contributed by atoms with E-state index in [1.165, 1.54) is 0 Å². The number of nitrogens with zero attached hydrogens (tertiary/aromatic N) is 4. The predicted octanol–water partition coefficient (Wildman–Crippen LogP) is 0.339. The first kappa shape index (κ1) is 13.9. The molecule has 2 atom stereocenters. The van der Waals surface area contributed by atoms with Crippen LogP contribution in [0.25, 0.3) is 0 Å². The molecule has 1 rings (SSSR count). The summed E-state index contributed by atoms with van der Waals surface area (Å²) in [7, 11) is 7.72. The summed E-state index contributed by atoms with van der Waals surface area (Å²) in [5.74, 6) is 0.0951. The Balaban J connectivity index is 2.97. The monoisotopic (exact) mass is 238 g/mol. The lowest BCUT2D eigenvalue weighted by Gasteiger charge is -2.39. The number of likely N-dealkylation sites (tertiary alicyclic amines) is 1. The molecule has 17 heavy (non-hydrogen) atoms. The third-order valence-corrected chi connectivity index (χ3v) is 3.31. The fourth-order valence-corrected chi connectivity index (χ4v) is 2.57. The van der Waals surface area contributed by atoms with Crippen LogP contribution in [0.4, 0.5) is 0 Å². The molecule has 0 aromatic rings. The molecule has 1 aliphatic heterocycles. The standard InChI is InChI=1S/C12H22N4O/c1-9-6-7-11(17)16(9)10(8-13)12(14(2)3)15(4)5/h9-10,12H,6-7H2,1-5H3. The second kappa shape index (κ2) is 5.48. The molecule has 96 valence electrons. The highest BCUT2D eigenvalue weighted by Gasteiger charge is 2.39. The maximum absolute atomic E-state index is 11.9. The van der Waals surface area contributed by atoms with Crippen LogP contribution in [0.5, 0.6) is 0 Å². The summed E-state index contributed by atoms with van der Waals surface area (Å²) in [5, 5.41) is 9.39. The Kier molecular flexibility index (Phi) is 4.49. The third kappa shape index (κ3) is 2.76. The van der Waals surface area contributed by atoms with E-state index in [4.69, 9.17) is 0 Å². The minimum absolute atomic E-state index is 0.0792. The third-order valence-electron chi connectivity index (χ3n) is 3.31. The van der Waals surface area contributed by atoms with E-state index in [0.29, 0.717) is 6.42 Å². The van der Waals surface area contributed by atoms with Crippen LogP contribution in [0.15, 0.2) is 0 Å². The maximum atomic E-state index is 11.9. The lowest BCUT2D eigenvalue weighted by molar-refractivity contribution is -0.132. The van der Waals surface area contributed by atoms with E-state index in [9.17, 15) is 10.1 Å². The lowest BCUT2D eigenvalue weighted by atomic mass is 10.1. The summed E-state index contributed by atoms with van der Waals surface area (Å²) in [4.78, 5) is 17.6. The lowest BCUT2D eigenvalue weighted by Crippen LogP contribution is -2.57. The predicted molar refractivity (Wildman–Crippen MR) is 66.1 cm³/mol. The van der Waals surface area contributed by atoms with Gasteiger partial charge in [-0.15, -0.1) is 0 Å². The van der Waals surface area contributed by atoms with Crippen LogP contribution in [-0.2, 0) is 4.79 Å². The van der Waals surface area contributed by atoms with Gasteiger partial charge in [0.2, 0.25) is 5.91 Å². The number of carbonyl (C=O) groups excluding carboxylic acids is 1. The van der Waals surface area contributed by atoms with Gasteiger partial charge in [-0.25, -0.2) is 0 Å². The molecule has 5 nitrogen and oxygen atoms in total. The summed E-state index contributed by atoms with van der Waals surface area (Å²) in [6.45, 7) is 2.01. The van der Waals surface area contributed by atoms with Gasteiger partial charge in [-0.3, -0.25) is 14.6 Å². The Labute approximate surface area is 104 Å². The Morgan fingerprint density at radius 3 is 2.18 bits per heavy atom. The zero-order valence-corrected chi connectivity index (χ0v) is 11.3. The van der Waals surface area contributed by atoms with Crippen LogP contribution >= 0.6 is 0 Å². The van der Waals surface area contributed by atoms with Crippen molar-refractivity contribution in [3.8, 4) is 6.07 Å². The summed E-state index contributed by atoms with van der Waals surface area (Å²) >= 11 is 0. The number of amides is 1. The first-order chi connectivity index (χ1) is 7.90. The van der Waals surface area contributed by atoms with Crippen molar-refractivity contribution in [2.75, 3.05) is 28.2 Å². The van der Waals surface area contributed by atoms with Gasteiger partial charge in [0, 0.05) is 12.5 Å². The van der Waals surface area contributed by atoms with Gasteiger partial charge in [-0.2, -0.15) is 5.26 Å². The summed E-state index contributed by atoms with van der Waals surface area (Å²) < 4.78 is 0. The van der Waals surface area contributed by atoms with Crippen LogP contribution in [-0.4, -0.2) is 67.0 Å². The number of hydrogen-bond donors (Lipinski definition) is 0. The molecular formula is C12H22N4O. The normalized spacial score (nSPS) is 22.6. The topological polar surface area (TPSA) is 50.6 Å². The minimum Gasteiger partial charge on any atom is -0.321 e. The number of carbonyl (C=O) groups is 1. The molecule has 0 N–H and O–H groups in total. The van der Waals surface area contributed by atoms with Crippen molar-refractivity contribution < 1.29 is 4.79 Å². The number of rotatable bonds is 4. The van der Waals surface area contributed by atoms with Gasteiger partial charge in [0.05, 0.1) is 12.2 Å². The zero-order valence-electron chi connectivity index (χ0n) is 11.3. The van der Waals surface area contributed by atoms with Crippen molar-refractivity contribution in [1.29, 1.82) is 5.26 Å². The van der Waals surface area contributed by atoms with Crippen LogP contribution in [0.2, 0.25) is 0 Å². The van der Waals surface area contributed by atoms with Crippen molar-refractivity contribution in [2.24, 2.45) is 0 Å². The van der Waals surface area contributed by atoms with E-state index < -0.39 is 6.04 Å². The molecule has 1 aliphatic rings.